The smallest absolute Gasteiger partial charge is 0.236 e. The predicted molar refractivity (Wildman–Crippen MR) is 199 cm³/mol. The van der Waals surface area contributed by atoms with Crippen molar-refractivity contribution < 1.29 is 9.59 Å². The zero-order chi connectivity index (χ0) is 34.5. The Morgan fingerprint density at radius 3 is 2.52 bits per heavy atom. The molecule has 50 heavy (non-hydrogen) atoms. The molecule has 0 unspecified atom stereocenters. The summed E-state index contributed by atoms with van der Waals surface area (Å²) in [6, 6.07) is 8.35. The number of carbonyl (C=O) groups excluding carboxylic acids is 2. The van der Waals surface area contributed by atoms with Crippen LogP contribution in [0.3, 0.4) is 0 Å². The lowest BCUT2D eigenvalue weighted by molar-refractivity contribution is -0.132. The van der Waals surface area contributed by atoms with Crippen LogP contribution in [0.5, 0.6) is 0 Å². The second kappa shape index (κ2) is 18.5. The minimum absolute atomic E-state index is 0.0648. The van der Waals surface area contributed by atoms with Crippen LogP contribution in [0.2, 0.25) is 0 Å². The SMILES string of the molecule is N[C@@H](CCC(=O)N1CCC(Nc2nc(NCc3cn(CCCNCCCNC4CCCCC4)[nH]3)nc3ccccc23)CC1)C(=O)NCC1CC1. The predicted octanol–water partition coefficient (Wildman–Crippen LogP) is 3.70. The Morgan fingerprint density at radius 2 is 1.72 bits per heavy atom. The minimum Gasteiger partial charge on any atom is -0.367 e. The van der Waals surface area contributed by atoms with Gasteiger partial charge in [-0.05, 0) is 95.5 Å². The first kappa shape index (κ1) is 36.1. The molecule has 2 saturated carbocycles. The lowest BCUT2D eigenvalue weighted by atomic mass is 9.95. The number of nitrogens with two attached hydrogens (primary N) is 1. The molecule has 13 nitrogen and oxygen atoms in total. The molecule has 3 fully saturated rings. The number of amides is 2. The fourth-order valence-corrected chi connectivity index (χ4v) is 7.07. The molecular formula is C37H59N11O2. The number of para-hydroxylation sites is 1. The number of H-pyrrole nitrogens is 1. The van der Waals surface area contributed by atoms with Gasteiger partial charge in [-0.15, -0.1) is 0 Å². The molecule has 6 rings (SSSR count). The maximum absolute atomic E-state index is 12.9. The number of nitrogens with zero attached hydrogens (tertiary/aromatic N) is 4. The molecule has 0 spiro atoms. The average molecular weight is 690 g/mol. The van der Waals surface area contributed by atoms with Crippen LogP contribution in [-0.2, 0) is 22.7 Å². The van der Waals surface area contributed by atoms with E-state index in [-0.39, 0.29) is 17.9 Å². The molecule has 2 amide bonds. The van der Waals surface area contributed by atoms with Crippen LogP contribution in [0.25, 0.3) is 10.9 Å². The van der Waals surface area contributed by atoms with Gasteiger partial charge in [-0.25, -0.2) is 4.98 Å². The fraction of sp³-hybridized carbons (Fsp3) is 0.676. The largest absolute Gasteiger partial charge is 0.367 e. The van der Waals surface area contributed by atoms with Crippen LogP contribution in [0.15, 0.2) is 30.5 Å². The molecule has 1 atom stereocenters. The third kappa shape index (κ3) is 11.2. The maximum atomic E-state index is 12.9. The number of nitrogens with one attached hydrogen (secondary N) is 6. The van der Waals surface area contributed by atoms with Crippen LogP contribution in [0.1, 0.15) is 89.2 Å². The number of rotatable bonds is 20. The van der Waals surface area contributed by atoms with Gasteiger partial charge in [0.1, 0.15) is 5.82 Å². The Kier molecular flexibility index (Phi) is 13.4. The highest BCUT2D eigenvalue weighted by atomic mass is 16.2. The van der Waals surface area contributed by atoms with Crippen molar-refractivity contribution in [2.45, 2.75) is 115 Å². The number of benzene rings is 1. The van der Waals surface area contributed by atoms with Gasteiger partial charge in [-0.2, -0.15) is 4.98 Å². The summed E-state index contributed by atoms with van der Waals surface area (Å²) in [7, 11) is 0. The molecule has 2 aliphatic carbocycles. The van der Waals surface area contributed by atoms with Crippen molar-refractivity contribution >= 4 is 34.5 Å². The van der Waals surface area contributed by atoms with Crippen molar-refractivity contribution in [2.24, 2.45) is 11.7 Å². The van der Waals surface area contributed by atoms with Crippen molar-refractivity contribution in [3.8, 4) is 0 Å². The van der Waals surface area contributed by atoms with Crippen LogP contribution in [-0.4, -0.2) is 93.9 Å². The maximum Gasteiger partial charge on any atom is 0.236 e. The summed E-state index contributed by atoms with van der Waals surface area (Å²) in [6.07, 6.45) is 16.0. The van der Waals surface area contributed by atoms with Crippen molar-refractivity contribution in [3.63, 3.8) is 0 Å². The van der Waals surface area contributed by atoms with Gasteiger partial charge in [0.2, 0.25) is 17.8 Å². The van der Waals surface area contributed by atoms with Crippen molar-refractivity contribution in [3.05, 3.63) is 36.2 Å². The highest BCUT2D eigenvalue weighted by molar-refractivity contribution is 5.90. The van der Waals surface area contributed by atoms with Crippen LogP contribution >= 0.6 is 0 Å². The monoisotopic (exact) mass is 689 g/mol. The highest BCUT2D eigenvalue weighted by Gasteiger charge is 2.26. The lowest BCUT2D eigenvalue weighted by Gasteiger charge is -2.33. The second-order valence-corrected chi connectivity index (χ2v) is 14.6. The quantitative estimate of drug-likeness (QED) is 0.0875. The average Bonchev–Trinajstić information content (AvgIpc) is 3.96. The number of aromatic nitrogens is 4. The van der Waals surface area contributed by atoms with E-state index >= 15 is 0 Å². The van der Waals surface area contributed by atoms with Gasteiger partial charge in [0, 0.05) is 56.3 Å². The summed E-state index contributed by atoms with van der Waals surface area (Å²) in [4.78, 5) is 36.6. The molecule has 0 bridgehead atoms. The number of hydrogen-bond donors (Lipinski definition) is 7. The number of carbonyl (C=O) groups is 2. The van der Waals surface area contributed by atoms with E-state index in [0.29, 0.717) is 50.9 Å². The van der Waals surface area contributed by atoms with E-state index in [9.17, 15) is 9.59 Å². The Hall–Kier alpha value is -3.68. The second-order valence-electron chi connectivity index (χ2n) is 14.6. The van der Waals surface area contributed by atoms with E-state index in [1.165, 1.54) is 51.4 Å². The molecule has 1 aliphatic heterocycles. The molecule has 8 N–H and O–H groups in total. The van der Waals surface area contributed by atoms with E-state index < -0.39 is 6.04 Å². The lowest BCUT2D eigenvalue weighted by Crippen LogP contribution is -2.44. The van der Waals surface area contributed by atoms with Crippen molar-refractivity contribution in [2.75, 3.05) is 49.9 Å². The molecule has 1 saturated heterocycles. The third-order valence-electron chi connectivity index (χ3n) is 10.4. The van der Waals surface area contributed by atoms with Gasteiger partial charge in [-0.3, -0.25) is 19.4 Å². The number of anilines is 2. The van der Waals surface area contributed by atoms with E-state index in [4.69, 9.17) is 15.7 Å². The minimum atomic E-state index is -0.637. The molecule has 13 heteroatoms. The zero-order valence-corrected chi connectivity index (χ0v) is 29.7. The topological polar surface area (TPSA) is 170 Å². The number of aryl methyl sites for hydroxylation is 1. The molecule has 274 valence electrons. The van der Waals surface area contributed by atoms with Gasteiger partial charge in [0.25, 0.3) is 0 Å². The molecule has 3 aromatic rings. The number of fused-ring (bicyclic) bond motifs is 1. The Labute approximate surface area is 296 Å². The Morgan fingerprint density at radius 1 is 0.940 bits per heavy atom. The molecule has 1 aromatic carbocycles. The molecule has 3 heterocycles. The van der Waals surface area contributed by atoms with Gasteiger partial charge in [0.15, 0.2) is 0 Å². The summed E-state index contributed by atoms with van der Waals surface area (Å²) in [6.45, 7) is 6.82. The first-order chi connectivity index (χ1) is 24.5. The van der Waals surface area contributed by atoms with Gasteiger partial charge >= 0.3 is 0 Å². The molecule has 3 aliphatic rings. The summed E-state index contributed by atoms with van der Waals surface area (Å²) < 4.78 is 2.13. The first-order valence-corrected chi connectivity index (χ1v) is 19.3. The molecular weight excluding hydrogens is 630 g/mol. The Balaban J connectivity index is 0.881. The molecule has 2 aromatic heterocycles. The normalized spacial score (nSPS) is 18.0. The van der Waals surface area contributed by atoms with E-state index in [1.54, 1.807) is 0 Å². The molecule has 0 radical (unpaired) electrons. The number of piperidine rings is 1. The summed E-state index contributed by atoms with van der Waals surface area (Å²) >= 11 is 0. The van der Waals surface area contributed by atoms with Crippen molar-refractivity contribution in [1.82, 2.24) is 40.6 Å². The van der Waals surface area contributed by atoms with Gasteiger partial charge in [-0.1, -0.05) is 31.4 Å². The van der Waals surface area contributed by atoms with E-state index in [0.717, 1.165) is 73.9 Å². The Bertz CT molecular complexity index is 1480. The van der Waals surface area contributed by atoms with Crippen LogP contribution in [0.4, 0.5) is 11.8 Å². The van der Waals surface area contributed by atoms with Crippen LogP contribution in [0, 0.1) is 5.92 Å². The van der Waals surface area contributed by atoms with Crippen molar-refractivity contribution in [1.29, 1.82) is 0 Å². The summed E-state index contributed by atoms with van der Waals surface area (Å²) in [5.41, 5.74) is 8.04. The van der Waals surface area contributed by atoms with Gasteiger partial charge in [0.05, 0.1) is 23.8 Å². The standard InChI is InChI=1S/C37H59N11O2/c38-32(36(50)41-24-27-12-13-27)14-15-34(49)47-22-16-29(17-23-47)43-35-31-10-4-5-11-33(31)44-37(45-35)42-25-30-26-48(46-30)21-7-19-39-18-6-20-40-28-8-2-1-3-9-28/h4-5,10-11,26-29,32,39-40,46H,1-3,6-9,12-25,38H2,(H,41,50)(H2,42,43,44,45)/t32-/m0/s1. The number of hydrogen-bond acceptors (Lipinski definition) is 9. The van der Waals surface area contributed by atoms with Crippen LogP contribution < -0.4 is 32.3 Å². The number of aromatic amines is 1. The summed E-state index contributed by atoms with van der Waals surface area (Å²) in [5, 5.41) is 21.7. The first-order valence-electron chi connectivity index (χ1n) is 19.3. The highest BCUT2D eigenvalue weighted by Crippen LogP contribution is 2.28. The number of likely N-dealkylation sites (tertiary alicyclic amines) is 1. The third-order valence-corrected chi connectivity index (χ3v) is 10.4. The summed E-state index contributed by atoms with van der Waals surface area (Å²) in [5.74, 6) is 1.91. The van der Waals surface area contributed by atoms with Gasteiger partial charge < -0.3 is 37.2 Å². The van der Waals surface area contributed by atoms with E-state index in [1.807, 2.05) is 29.2 Å². The van der Waals surface area contributed by atoms with E-state index in [2.05, 4.69) is 42.6 Å². The fourth-order valence-electron chi connectivity index (χ4n) is 7.07. The zero-order valence-electron chi connectivity index (χ0n) is 29.7.